The zero-order chi connectivity index (χ0) is 16.6. The molecule has 0 saturated heterocycles. The molecule has 3 heteroatoms. The van der Waals surface area contributed by atoms with Gasteiger partial charge in [-0.25, -0.2) is 0 Å². The lowest BCUT2D eigenvalue weighted by atomic mass is 9.49. The maximum Gasteiger partial charge on any atom is 0.313 e. The number of ether oxygens (including phenoxy) is 1. The largest absolute Gasteiger partial charge is 0.449 e. The van der Waals surface area contributed by atoms with Gasteiger partial charge >= 0.3 is 5.97 Å². The molecule has 8 fully saturated rings. The Morgan fingerprint density at radius 2 is 1.12 bits per heavy atom. The van der Waals surface area contributed by atoms with Crippen LogP contribution < -0.4 is 5.32 Å². The lowest BCUT2D eigenvalue weighted by Crippen LogP contribution is -2.59. The Morgan fingerprint density at radius 1 is 0.720 bits per heavy atom. The number of esters is 1. The monoisotopic (exact) mass is 343 g/mol. The molecule has 8 saturated carbocycles. The Hall–Kier alpha value is -0.570. The molecule has 0 unspecified atom stereocenters. The van der Waals surface area contributed by atoms with E-state index in [0.717, 1.165) is 54.8 Å². The maximum absolute atomic E-state index is 13.0. The minimum Gasteiger partial charge on any atom is -0.449 e. The van der Waals surface area contributed by atoms with Gasteiger partial charge in [0.15, 0.2) is 0 Å². The summed E-state index contributed by atoms with van der Waals surface area (Å²) in [7, 11) is 0. The first-order valence-electron chi connectivity index (χ1n) is 11.0. The summed E-state index contributed by atoms with van der Waals surface area (Å²) in [6, 6.07) is 0. The van der Waals surface area contributed by atoms with Gasteiger partial charge in [0.05, 0.1) is 5.41 Å². The van der Waals surface area contributed by atoms with Crippen molar-refractivity contribution >= 4 is 5.97 Å². The number of carbonyl (C=O) groups is 1. The Bertz CT molecular complexity index is 512. The van der Waals surface area contributed by atoms with E-state index in [-0.39, 0.29) is 11.4 Å². The van der Waals surface area contributed by atoms with Gasteiger partial charge in [-0.15, -0.1) is 0 Å². The van der Waals surface area contributed by atoms with E-state index >= 15 is 0 Å². The summed E-state index contributed by atoms with van der Waals surface area (Å²) < 4.78 is 5.92. The normalized spacial score (nSPS) is 54.9. The lowest BCUT2D eigenvalue weighted by Gasteiger charge is -2.57. The van der Waals surface area contributed by atoms with Crippen molar-refractivity contribution in [3.05, 3.63) is 0 Å². The summed E-state index contributed by atoms with van der Waals surface area (Å²) in [6.07, 6.45) is 15.9. The average molecular weight is 344 g/mol. The number of rotatable bonds is 4. The standard InChI is InChI=1S/C22H33NO2/c24-20(21-7-14-1-15(8-21)3-16(2-14)9-21)25-13-23-22-10-17-4-18(11-22)6-19(5-17)12-22/h14-19,23H,1-13H2. The van der Waals surface area contributed by atoms with Gasteiger partial charge in [-0.1, -0.05) is 0 Å². The van der Waals surface area contributed by atoms with E-state index in [1.165, 1.54) is 57.8 Å². The molecule has 25 heavy (non-hydrogen) atoms. The molecule has 8 bridgehead atoms. The second-order valence-electron chi connectivity index (χ2n) is 11.1. The topological polar surface area (TPSA) is 38.3 Å². The third-order valence-corrected chi connectivity index (χ3v) is 9.16. The first-order valence-corrected chi connectivity index (χ1v) is 11.0. The van der Waals surface area contributed by atoms with Crippen LogP contribution in [0.15, 0.2) is 0 Å². The highest BCUT2D eigenvalue weighted by molar-refractivity contribution is 5.77. The van der Waals surface area contributed by atoms with Crippen LogP contribution in [-0.2, 0) is 9.53 Å². The first-order chi connectivity index (χ1) is 12.1. The molecule has 138 valence electrons. The summed E-state index contributed by atoms with van der Waals surface area (Å²) >= 11 is 0. The van der Waals surface area contributed by atoms with Gasteiger partial charge in [-0.3, -0.25) is 10.1 Å². The van der Waals surface area contributed by atoms with Gasteiger partial charge in [0.2, 0.25) is 0 Å². The molecule has 8 aliphatic rings. The van der Waals surface area contributed by atoms with E-state index in [9.17, 15) is 4.79 Å². The molecule has 0 aromatic carbocycles. The minimum atomic E-state index is -0.0993. The Kier molecular flexibility index (Phi) is 3.25. The number of hydrogen-bond donors (Lipinski definition) is 1. The maximum atomic E-state index is 13.0. The van der Waals surface area contributed by atoms with Crippen LogP contribution >= 0.6 is 0 Å². The molecule has 0 radical (unpaired) electrons. The molecule has 0 atom stereocenters. The predicted molar refractivity (Wildman–Crippen MR) is 95.6 cm³/mol. The minimum absolute atomic E-state index is 0.0993. The van der Waals surface area contributed by atoms with Gasteiger partial charge in [-0.05, 0) is 113 Å². The molecule has 0 heterocycles. The van der Waals surface area contributed by atoms with Crippen molar-refractivity contribution in [2.24, 2.45) is 40.9 Å². The smallest absolute Gasteiger partial charge is 0.313 e. The van der Waals surface area contributed by atoms with Crippen LogP contribution in [0.4, 0.5) is 0 Å². The zero-order valence-electron chi connectivity index (χ0n) is 15.5. The van der Waals surface area contributed by atoms with Crippen LogP contribution in [0, 0.1) is 40.9 Å². The third-order valence-electron chi connectivity index (χ3n) is 9.16. The van der Waals surface area contributed by atoms with Crippen molar-refractivity contribution in [2.75, 3.05) is 6.73 Å². The molecule has 1 N–H and O–H groups in total. The molecular formula is C22H33NO2. The van der Waals surface area contributed by atoms with E-state index in [0.29, 0.717) is 12.3 Å². The lowest BCUT2D eigenvalue weighted by molar-refractivity contribution is -0.173. The fourth-order valence-corrected chi connectivity index (χ4v) is 9.10. The van der Waals surface area contributed by atoms with E-state index in [2.05, 4.69) is 5.32 Å². The van der Waals surface area contributed by atoms with Crippen LogP contribution in [0.1, 0.15) is 77.0 Å². The van der Waals surface area contributed by atoms with Crippen LogP contribution in [0.5, 0.6) is 0 Å². The first kappa shape index (κ1) is 15.5. The van der Waals surface area contributed by atoms with Crippen molar-refractivity contribution in [3.63, 3.8) is 0 Å². The summed E-state index contributed by atoms with van der Waals surface area (Å²) in [5.41, 5.74) is 0.203. The average Bonchev–Trinajstić information content (AvgIpc) is 2.52. The van der Waals surface area contributed by atoms with Crippen LogP contribution in [-0.4, -0.2) is 18.2 Å². The summed E-state index contributed by atoms with van der Waals surface area (Å²) in [4.78, 5) is 13.0. The van der Waals surface area contributed by atoms with E-state index < -0.39 is 0 Å². The van der Waals surface area contributed by atoms with Crippen molar-refractivity contribution in [2.45, 2.75) is 82.6 Å². The SMILES string of the molecule is O=C(OCNC12CC3CC(CC(C3)C1)C2)C12CC3CC(CC(C3)C1)C2. The zero-order valence-corrected chi connectivity index (χ0v) is 15.5. The summed E-state index contributed by atoms with van der Waals surface area (Å²) in [6.45, 7) is 0.465. The van der Waals surface area contributed by atoms with Crippen molar-refractivity contribution < 1.29 is 9.53 Å². The van der Waals surface area contributed by atoms with Gasteiger partial charge in [0.25, 0.3) is 0 Å². The van der Waals surface area contributed by atoms with Crippen LogP contribution in [0.25, 0.3) is 0 Å². The van der Waals surface area contributed by atoms with Crippen molar-refractivity contribution in [1.29, 1.82) is 0 Å². The molecule has 0 aliphatic heterocycles. The molecule has 8 aliphatic carbocycles. The Morgan fingerprint density at radius 3 is 1.56 bits per heavy atom. The molecular weight excluding hydrogens is 310 g/mol. The fourth-order valence-electron chi connectivity index (χ4n) is 9.10. The van der Waals surface area contributed by atoms with Gasteiger partial charge < -0.3 is 4.74 Å². The van der Waals surface area contributed by atoms with Gasteiger partial charge in [0.1, 0.15) is 6.73 Å². The van der Waals surface area contributed by atoms with Crippen molar-refractivity contribution in [3.8, 4) is 0 Å². The predicted octanol–water partition coefficient (Wildman–Crippen LogP) is 4.26. The van der Waals surface area contributed by atoms with E-state index in [1.807, 2.05) is 0 Å². The van der Waals surface area contributed by atoms with Crippen LogP contribution in [0.2, 0.25) is 0 Å². The molecule has 0 aromatic rings. The molecule has 0 aromatic heterocycles. The highest BCUT2D eigenvalue weighted by Crippen LogP contribution is 2.60. The highest BCUT2D eigenvalue weighted by atomic mass is 16.5. The number of carbonyl (C=O) groups excluding carboxylic acids is 1. The van der Waals surface area contributed by atoms with E-state index in [1.54, 1.807) is 0 Å². The number of nitrogens with one attached hydrogen (secondary N) is 1. The second-order valence-corrected chi connectivity index (χ2v) is 11.1. The highest BCUT2D eigenvalue weighted by Gasteiger charge is 2.56. The van der Waals surface area contributed by atoms with Crippen LogP contribution in [0.3, 0.4) is 0 Å². The van der Waals surface area contributed by atoms with Gasteiger partial charge in [-0.2, -0.15) is 0 Å². The molecule has 8 rings (SSSR count). The second kappa shape index (κ2) is 5.24. The van der Waals surface area contributed by atoms with E-state index in [4.69, 9.17) is 4.74 Å². The third kappa shape index (κ3) is 2.44. The number of hydrogen-bond acceptors (Lipinski definition) is 3. The van der Waals surface area contributed by atoms with Crippen molar-refractivity contribution in [1.82, 2.24) is 5.32 Å². The quantitative estimate of drug-likeness (QED) is 0.612. The fraction of sp³-hybridized carbons (Fsp3) is 0.955. The molecule has 0 amide bonds. The Balaban J connectivity index is 1.10. The summed E-state index contributed by atoms with van der Waals surface area (Å²) in [5, 5.41) is 3.75. The molecule has 0 spiro atoms. The summed E-state index contributed by atoms with van der Waals surface area (Å²) in [5.74, 6) is 5.41. The molecule has 3 nitrogen and oxygen atoms in total. The van der Waals surface area contributed by atoms with Gasteiger partial charge in [0, 0.05) is 5.54 Å². The Labute approximate surface area is 151 Å².